The molecule has 1 unspecified atom stereocenters. The van der Waals surface area contributed by atoms with Crippen LogP contribution in [0.2, 0.25) is 0 Å². The molecule has 1 heterocycles. The Morgan fingerprint density at radius 2 is 2.25 bits per heavy atom. The molecule has 0 aliphatic carbocycles. The Kier molecular flexibility index (Phi) is 5.62. The van der Waals surface area contributed by atoms with E-state index in [1.807, 2.05) is 0 Å². The van der Waals surface area contributed by atoms with Gasteiger partial charge in [0.2, 0.25) is 5.91 Å². The van der Waals surface area contributed by atoms with Crippen molar-refractivity contribution >= 4 is 5.91 Å². The van der Waals surface area contributed by atoms with E-state index in [0.29, 0.717) is 19.5 Å². The van der Waals surface area contributed by atoms with Crippen molar-refractivity contribution in [3.05, 3.63) is 0 Å². The third-order valence-corrected chi connectivity index (χ3v) is 2.74. The van der Waals surface area contributed by atoms with Crippen molar-refractivity contribution in [1.29, 1.82) is 0 Å². The fourth-order valence-electron chi connectivity index (χ4n) is 1.99. The Hall–Kier alpha value is -0.750. The first-order valence-electron chi connectivity index (χ1n) is 5.65. The van der Waals surface area contributed by atoms with E-state index in [0.717, 1.165) is 12.8 Å². The minimum absolute atomic E-state index is 0.147. The van der Waals surface area contributed by atoms with Gasteiger partial charge >= 0.3 is 0 Å². The highest BCUT2D eigenvalue weighted by atomic mass is 19.3. The maximum atomic E-state index is 12.4. The van der Waals surface area contributed by atoms with Crippen LogP contribution in [0.5, 0.6) is 0 Å². The van der Waals surface area contributed by atoms with Gasteiger partial charge in [0.1, 0.15) is 0 Å². The third kappa shape index (κ3) is 4.02. The van der Waals surface area contributed by atoms with Crippen molar-refractivity contribution in [3.8, 4) is 0 Å². The van der Waals surface area contributed by atoms with Crippen molar-refractivity contribution < 1.29 is 13.6 Å². The van der Waals surface area contributed by atoms with E-state index in [4.69, 9.17) is 5.73 Å². The van der Waals surface area contributed by atoms with Gasteiger partial charge in [0.05, 0.1) is 12.6 Å². The summed E-state index contributed by atoms with van der Waals surface area (Å²) in [5, 5.41) is 2.74. The summed E-state index contributed by atoms with van der Waals surface area (Å²) < 4.78 is 24.8. The molecule has 1 atom stereocenters. The standard InChI is InChI=1S/C10H19F2N3O/c11-9(12)7-15(6-4-13)8-3-1-2-5-14-10(8)16/h8-9H,1-7,13H2,(H,14,16). The molecule has 0 aromatic rings. The van der Waals surface area contributed by atoms with Gasteiger partial charge in [-0.3, -0.25) is 9.69 Å². The lowest BCUT2D eigenvalue weighted by atomic mass is 10.1. The lowest BCUT2D eigenvalue weighted by Crippen LogP contribution is -2.49. The number of carbonyl (C=O) groups excluding carboxylic acids is 1. The van der Waals surface area contributed by atoms with Crippen LogP contribution in [0, 0.1) is 0 Å². The number of rotatable bonds is 5. The normalized spacial score (nSPS) is 22.3. The van der Waals surface area contributed by atoms with Gasteiger partial charge in [0.25, 0.3) is 6.43 Å². The van der Waals surface area contributed by atoms with Gasteiger partial charge in [-0.1, -0.05) is 0 Å². The Bertz CT molecular complexity index is 226. The van der Waals surface area contributed by atoms with Gasteiger partial charge < -0.3 is 11.1 Å². The molecule has 1 aliphatic rings. The number of nitrogens with one attached hydrogen (secondary N) is 1. The first-order chi connectivity index (χ1) is 7.65. The molecule has 3 N–H and O–H groups in total. The summed E-state index contributed by atoms with van der Waals surface area (Å²) in [6.07, 6.45) is 0.00207. The largest absolute Gasteiger partial charge is 0.355 e. The lowest BCUT2D eigenvalue weighted by molar-refractivity contribution is -0.126. The van der Waals surface area contributed by atoms with Crippen LogP contribution in [0.25, 0.3) is 0 Å². The molecular weight excluding hydrogens is 216 g/mol. The zero-order chi connectivity index (χ0) is 12.0. The zero-order valence-electron chi connectivity index (χ0n) is 9.29. The average Bonchev–Trinajstić information content (AvgIpc) is 2.41. The van der Waals surface area contributed by atoms with Crippen molar-refractivity contribution in [1.82, 2.24) is 10.2 Å². The second-order valence-corrected chi connectivity index (χ2v) is 3.98. The third-order valence-electron chi connectivity index (χ3n) is 2.74. The number of alkyl halides is 2. The molecule has 0 aromatic carbocycles. The summed E-state index contributed by atoms with van der Waals surface area (Å²) in [7, 11) is 0. The van der Waals surface area contributed by atoms with E-state index in [9.17, 15) is 13.6 Å². The molecule has 0 aromatic heterocycles. The number of carbonyl (C=O) groups is 1. The first-order valence-corrected chi connectivity index (χ1v) is 5.65. The number of amides is 1. The van der Waals surface area contributed by atoms with E-state index >= 15 is 0 Å². The summed E-state index contributed by atoms with van der Waals surface area (Å²) in [5.41, 5.74) is 5.38. The van der Waals surface area contributed by atoms with Gasteiger partial charge in [-0.2, -0.15) is 0 Å². The van der Waals surface area contributed by atoms with Crippen molar-refractivity contribution in [2.24, 2.45) is 5.73 Å². The molecule has 0 bridgehead atoms. The van der Waals surface area contributed by atoms with Gasteiger partial charge in [0.15, 0.2) is 0 Å². The molecule has 1 amide bonds. The molecule has 1 rings (SSSR count). The summed E-state index contributed by atoms with van der Waals surface area (Å²) in [5.74, 6) is -0.147. The second-order valence-electron chi connectivity index (χ2n) is 3.98. The Balaban J connectivity index is 2.62. The van der Waals surface area contributed by atoms with Crippen LogP contribution >= 0.6 is 0 Å². The van der Waals surface area contributed by atoms with E-state index in [1.54, 1.807) is 0 Å². The summed E-state index contributed by atoms with van der Waals surface area (Å²) in [4.78, 5) is 13.2. The number of nitrogens with two attached hydrogens (primary N) is 1. The summed E-state index contributed by atoms with van der Waals surface area (Å²) in [6.45, 7) is 0.884. The zero-order valence-corrected chi connectivity index (χ0v) is 9.29. The van der Waals surface area contributed by atoms with E-state index in [1.165, 1.54) is 4.90 Å². The van der Waals surface area contributed by atoms with Crippen LogP contribution in [0.4, 0.5) is 8.78 Å². The maximum Gasteiger partial charge on any atom is 0.251 e. The first kappa shape index (κ1) is 13.3. The van der Waals surface area contributed by atoms with E-state index in [2.05, 4.69) is 5.32 Å². The van der Waals surface area contributed by atoms with Crippen molar-refractivity contribution in [2.75, 3.05) is 26.2 Å². The summed E-state index contributed by atoms with van der Waals surface area (Å²) >= 11 is 0. The number of hydrogen-bond donors (Lipinski definition) is 2. The lowest BCUT2D eigenvalue weighted by Gasteiger charge is -2.28. The minimum Gasteiger partial charge on any atom is -0.355 e. The molecule has 16 heavy (non-hydrogen) atoms. The predicted molar refractivity (Wildman–Crippen MR) is 57.3 cm³/mol. The Morgan fingerprint density at radius 3 is 2.88 bits per heavy atom. The molecular formula is C10H19F2N3O. The molecule has 1 saturated heterocycles. The maximum absolute atomic E-state index is 12.4. The van der Waals surface area contributed by atoms with Gasteiger partial charge in [-0.15, -0.1) is 0 Å². The number of hydrogen-bond acceptors (Lipinski definition) is 3. The molecule has 0 radical (unpaired) electrons. The second kappa shape index (κ2) is 6.75. The fraction of sp³-hybridized carbons (Fsp3) is 0.900. The Morgan fingerprint density at radius 1 is 1.50 bits per heavy atom. The van der Waals surface area contributed by atoms with E-state index in [-0.39, 0.29) is 19.0 Å². The van der Waals surface area contributed by atoms with Gasteiger partial charge in [-0.05, 0) is 19.3 Å². The van der Waals surface area contributed by atoms with Gasteiger partial charge in [0, 0.05) is 19.6 Å². The highest BCUT2D eigenvalue weighted by Gasteiger charge is 2.28. The predicted octanol–water partition coefficient (Wildman–Crippen LogP) is 0.181. The quantitative estimate of drug-likeness (QED) is 0.714. The SMILES string of the molecule is NCCN(CC(F)F)C1CCCCNC1=O. The molecule has 6 heteroatoms. The Labute approximate surface area is 94.2 Å². The summed E-state index contributed by atoms with van der Waals surface area (Å²) in [6, 6.07) is -0.444. The molecule has 1 aliphatic heterocycles. The van der Waals surface area contributed by atoms with Crippen LogP contribution in [-0.4, -0.2) is 49.5 Å². The number of nitrogens with zero attached hydrogens (tertiary/aromatic N) is 1. The van der Waals surface area contributed by atoms with Crippen LogP contribution in [0.15, 0.2) is 0 Å². The monoisotopic (exact) mass is 235 g/mol. The smallest absolute Gasteiger partial charge is 0.251 e. The van der Waals surface area contributed by atoms with Gasteiger partial charge in [-0.25, -0.2) is 8.78 Å². The van der Waals surface area contributed by atoms with Crippen molar-refractivity contribution in [3.63, 3.8) is 0 Å². The molecule has 0 saturated carbocycles. The van der Waals surface area contributed by atoms with Crippen molar-refractivity contribution in [2.45, 2.75) is 31.7 Å². The van der Waals surface area contributed by atoms with Crippen LogP contribution in [0.3, 0.4) is 0 Å². The fourth-order valence-corrected chi connectivity index (χ4v) is 1.99. The molecule has 0 spiro atoms. The molecule has 1 fully saturated rings. The highest BCUT2D eigenvalue weighted by molar-refractivity contribution is 5.81. The van der Waals surface area contributed by atoms with E-state index < -0.39 is 12.5 Å². The molecule has 4 nitrogen and oxygen atoms in total. The highest BCUT2D eigenvalue weighted by Crippen LogP contribution is 2.13. The topological polar surface area (TPSA) is 58.4 Å². The van der Waals surface area contributed by atoms with Crippen LogP contribution in [-0.2, 0) is 4.79 Å². The number of halogens is 2. The average molecular weight is 235 g/mol. The minimum atomic E-state index is -2.43. The van der Waals surface area contributed by atoms with Crippen LogP contribution in [0.1, 0.15) is 19.3 Å². The van der Waals surface area contributed by atoms with Crippen LogP contribution < -0.4 is 11.1 Å². The molecule has 94 valence electrons.